The van der Waals surface area contributed by atoms with Crippen LogP contribution >= 0.6 is 0 Å². The van der Waals surface area contributed by atoms with Gasteiger partial charge in [0.25, 0.3) is 5.56 Å². The van der Waals surface area contributed by atoms with E-state index < -0.39 is 11.9 Å². The zero-order valence-electron chi connectivity index (χ0n) is 16.6. The average Bonchev–Trinajstić information content (AvgIpc) is 3.21. The number of fused-ring (bicyclic) bond motifs is 2. The SMILES string of the molecule is O=c1c2c(-c3ccnc(C(F)(F)F)c3)cccc2cnn1CCc1cn2ccccc2n1. The fraction of sp³-hybridized carbons (Fsp3) is 0.130. The Hall–Kier alpha value is -4.01. The van der Waals surface area contributed by atoms with Crippen LogP contribution in [0, 0.1) is 0 Å². The number of hydrogen-bond donors (Lipinski definition) is 0. The number of aromatic nitrogens is 5. The van der Waals surface area contributed by atoms with E-state index in [9.17, 15) is 18.0 Å². The van der Waals surface area contributed by atoms with Crippen molar-refractivity contribution < 1.29 is 13.2 Å². The molecule has 0 fully saturated rings. The minimum Gasteiger partial charge on any atom is -0.307 e. The highest BCUT2D eigenvalue weighted by Gasteiger charge is 2.32. The van der Waals surface area contributed by atoms with Crippen LogP contribution in [0.25, 0.3) is 27.5 Å². The quantitative estimate of drug-likeness (QED) is 0.421. The first kappa shape index (κ1) is 19.9. The van der Waals surface area contributed by atoms with Crippen LogP contribution in [-0.4, -0.2) is 24.1 Å². The van der Waals surface area contributed by atoms with Crippen LogP contribution in [0.1, 0.15) is 11.4 Å². The molecule has 0 N–H and O–H groups in total. The highest BCUT2D eigenvalue weighted by atomic mass is 19.4. The molecule has 0 atom stereocenters. The molecule has 0 radical (unpaired) electrons. The maximum atomic E-state index is 13.2. The zero-order valence-corrected chi connectivity index (χ0v) is 16.6. The minimum atomic E-state index is -4.57. The standard InChI is InChI=1S/C23H16F3N5O/c24-23(25,26)19-12-15(7-9-27-19)18-5-3-4-16-13-28-31(22(32)21(16)18)11-8-17-14-30-10-2-1-6-20(30)29-17/h1-7,9-10,12-14H,8,11H2. The Morgan fingerprint density at radius 3 is 2.72 bits per heavy atom. The number of benzene rings is 1. The fourth-order valence-corrected chi connectivity index (χ4v) is 3.71. The molecule has 0 aliphatic heterocycles. The van der Waals surface area contributed by atoms with E-state index >= 15 is 0 Å². The number of imidazole rings is 1. The van der Waals surface area contributed by atoms with Crippen molar-refractivity contribution in [1.29, 1.82) is 0 Å². The Morgan fingerprint density at radius 2 is 1.91 bits per heavy atom. The number of pyridine rings is 2. The lowest BCUT2D eigenvalue weighted by Crippen LogP contribution is -2.24. The van der Waals surface area contributed by atoms with Gasteiger partial charge >= 0.3 is 6.18 Å². The van der Waals surface area contributed by atoms with Gasteiger partial charge in [-0.3, -0.25) is 9.78 Å². The second-order valence-corrected chi connectivity index (χ2v) is 7.32. The third kappa shape index (κ3) is 3.62. The normalized spacial score (nSPS) is 12.0. The van der Waals surface area contributed by atoms with E-state index in [1.807, 2.05) is 35.0 Å². The highest BCUT2D eigenvalue weighted by Crippen LogP contribution is 2.32. The van der Waals surface area contributed by atoms with E-state index in [4.69, 9.17) is 0 Å². The Bertz CT molecular complexity index is 1470. The van der Waals surface area contributed by atoms with Crippen molar-refractivity contribution in [1.82, 2.24) is 24.1 Å². The molecule has 0 amide bonds. The van der Waals surface area contributed by atoms with Crippen LogP contribution in [0.4, 0.5) is 13.2 Å². The molecule has 0 saturated carbocycles. The average molecular weight is 435 g/mol. The van der Waals surface area contributed by atoms with Crippen molar-refractivity contribution in [3.8, 4) is 11.1 Å². The van der Waals surface area contributed by atoms with E-state index in [2.05, 4.69) is 15.1 Å². The maximum Gasteiger partial charge on any atom is 0.433 e. The topological polar surface area (TPSA) is 65.1 Å². The maximum absolute atomic E-state index is 13.2. The first-order valence-electron chi connectivity index (χ1n) is 9.85. The van der Waals surface area contributed by atoms with Gasteiger partial charge in [-0.15, -0.1) is 0 Å². The van der Waals surface area contributed by atoms with Gasteiger partial charge in [-0.25, -0.2) is 9.67 Å². The van der Waals surface area contributed by atoms with Crippen LogP contribution in [0.2, 0.25) is 0 Å². The van der Waals surface area contributed by atoms with Crippen LogP contribution in [0.5, 0.6) is 0 Å². The molecule has 0 saturated heterocycles. The van der Waals surface area contributed by atoms with Gasteiger partial charge < -0.3 is 4.40 Å². The van der Waals surface area contributed by atoms with E-state index in [1.54, 1.807) is 24.4 Å². The van der Waals surface area contributed by atoms with Crippen LogP contribution in [-0.2, 0) is 19.1 Å². The summed E-state index contributed by atoms with van der Waals surface area (Å²) in [5.74, 6) is 0. The van der Waals surface area contributed by atoms with Crippen molar-refractivity contribution >= 4 is 16.4 Å². The van der Waals surface area contributed by atoms with Gasteiger partial charge in [0.05, 0.1) is 23.8 Å². The molecule has 0 unspecified atom stereocenters. The van der Waals surface area contributed by atoms with Gasteiger partial charge in [0, 0.05) is 30.4 Å². The summed E-state index contributed by atoms with van der Waals surface area (Å²) in [6.07, 6.45) is 2.34. The molecule has 0 aliphatic rings. The highest BCUT2D eigenvalue weighted by molar-refractivity contribution is 5.95. The molecule has 0 bridgehead atoms. The van der Waals surface area contributed by atoms with Gasteiger partial charge in [0.15, 0.2) is 0 Å². The summed E-state index contributed by atoms with van der Waals surface area (Å²) in [5.41, 5.74) is 0.918. The molecule has 4 aromatic heterocycles. The first-order chi connectivity index (χ1) is 15.4. The minimum absolute atomic E-state index is 0.271. The van der Waals surface area contributed by atoms with Gasteiger partial charge in [-0.1, -0.05) is 24.3 Å². The Kier molecular flexibility index (Phi) is 4.73. The summed E-state index contributed by atoms with van der Waals surface area (Å²) in [5, 5.41) is 5.12. The molecule has 1 aromatic carbocycles. The Morgan fingerprint density at radius 1 is 1.03 bits per heavy atom. The summed E-state index contributed by atoms with van der Waals surface area (Å²) in [6, 6.07) is 13.1. The largest absolute Gasteiger partial charge is 0.433 e. The molecule has 5 aromatic rings. The molecule has 160 valence electrons. The summed E-state index contributed by atoms with van der Waals surface area (Å²) >= 11 is 0. The number of halogens is 3. The van der Waals surface area contributed by atoms with Crippen molar-refractivity contribution in [2.45, 2.75) is 19.1 Å². The third-order valence-corrected chi connectivity index (χ3v) is 5.24. The van der Waals surface area contributed by atoms with Gasteiger partial charge in [0.1, 0.15) is 11.3 Å². The molecule has 4 heterocycles. The first-order valence-corrected chi connectivity index (χ1v) is 9.85. The van der Waals surface area contributed by atoms with Crippen molar-refractivity contribution in [3.05, 3.63) is 95.1 Å². The molecule has 0 spiro atoms. The van der Waals surface area contributed by atoms with E-state index in [0.29, 0.717) is 22.8 Å². The van der Waals surface area contributed by atoms with E-state index in [0.717, 1.165) is 23.6 Å². The second-order valence-electron chi connectivity index (χ2n) is 7.32. The number of rotatable bonds is 4. The van der Waals surface area contributed by atoms with Crippen LogP contribution in [0.15, 0.2) is 78.1 Å². The molecule has 9 heteroatoms. The molecular weight excluding hydrogens is 419 g/mol. The molecule has 0 aliphatic carbocycles. The molecule has 32 heavy (non-hydrogen) atoms. The van der Waals surface area contributed by atoms with E-state index in [-0.39, 0.29) is 17.7 Å². The number of nitrogens with zero attached hydrogens (tertiary/aromatic N) is 5. The third-order valence-electron chi connectivity index (χ3n) is 5.24. The van der Waals surface area contributed by atoms with Crippen molar-refractivity contribution in [3.63, 3.8) is 0 Å². The summed E-state index contributed by atoms with van der Waals surface area (Å²) in [4.78, 5) is 21.2. The van der Waals surface area contributed by atoms with Crippen LogP contribution < -0.4 is 5.56 Å². The van der Waals surface area contributed by atoms with E-state index in [1.165, 1.54) is 10.7 Å². The van der Waals surface area contributed by atoms with Gasteiger partial charge in [-0.05, 0) is 35.4 Å². The lowest BCUT2D eigenvalue weighted by molar-refractivity contribution is -0.141. The number of hydrogen-bond acceptors (Lipinski definition) is 4. The van der Waals surface area contributed by atoms with Crippen molar-refractivity contribution in [2.24, 2.45) is 0 Å². The predicted octanol–water partition coefficient (Wildman–Crippen LogP) is 4.37. The van der Waals surface area contributed by atoms with Gasteiger partial charge in [0.2, 0.25) is 0 Å². The fourth-order valence-electron chi connectivity index (χ4n) is 3.71. The Labute approximate surface area is 179 Å². The smallest absolute Gasteiger partial charge is 0.307 e. The number of alkyl halides is 3. The summed E-state index contributed by atoms with van der Waals surface area (Å²) in [6.45, 7) is 0.289. The lowest BCUT2D eigenvalue weighted by Gasteiger charge is -2.11. The lowest BCUT2D eigenvalue weighted by atomic mass is 10.00. The Balaban J connectivity index is 1.54. The summed E-state index contributed by atoms with van der Waals surface area (Å²) in [7, 11) is 0. The predicted molar refractivity (Wildman–Crippen MR) is 113 cm³/mol. The number of aryl methyl sites for hydroxylation is 2. The second kappa shape index (κ2) is 7.60. The zero-order chi connectivity index (χ0) is 22.3. The van der Waals surface area contributed by atoms with Crippen LogP contribution in [0.3, 0.4) is 0 Å². The molecular formula is C23H16F3N5O. The molecule has 5 rings (SSSR count). The molecule has 6 nitrogen and oxygen atoms in total. The van der Waals surface area contributed by atoms with Gasteiger partial charge in [-0.2, -0.15) is 18.3 Å². The summed E-state index contributed by atoms with van der Waals surface area (Å²) < 4.78 is 42.6. The van der Waals surface area contributed by atoms with Crippen molar-refractivity contribution in [2.75, 3.05) is 0 Å². The monoisotopic (exact) mass is 435 g/mol.